The summed E-state index contributed by atoms with van der Waals surface area (Å²) in [7, 11) is 0. The predicted molar refractivity (Wildman–Crippen MR) is 55.3 cm³/mol. The Morgan fingerprint density at radius 2 is 2.47 bits per heavy atom. The molecule has 1 aromatic heterocycles. The molecule has 0 aromatic carbocycles. The van der Waals surface area contributed by atoms with E-state index in [0.717, 1.165) is 12.6 Å². The molecule has 0 atom stereocenters. The van der Waals surface area contributed by atoms with Gasteiger partial charge in [0.05, 0.1) is 6.20 Å². The summed E-state index contributed by atoms with van der Waals surface area (Å²) in [5, 5.41) is 2.63. The highest BCUT2D eigenvalue weighted by molar-refractivity contribution is 5.91. The van der Waals surface area contributed by atoms with Crippen LogP contribution in [-0.4, -0.2) is 22.4 Å². The lowest BCUT2D eigenvalue weighted by Gasteiger charge is -2.01. The number of rotatable bonds is 4. The Balaban J connectivity index is 2.44. The second-order valence-electron chi connectivity index (χ2n) is 2.86. The summed E-state index contributed by atoms with van der Waals surface area (Å²) in [6.07, 6.45) is 8.75. The van der Waals surface area contributed by atoms with Gasteiger partial charge in [-0.25, -0.2) is 4.98 Å². The van der Waals surface area contributed by atoms with Crippen LogP contribution in [0.1, 0.15) is 23.3 Å². The third kappa shape index (κ3) is 3.65. The highest BCUT2D eigenvalue weighted by Gasteiger charge is 2.05. The van der Waals surface area contributed by atoms with Crippen LogP contribution in [-0.2, 0) is 0 Å². The number of nitrogens with one attached hydrogen (secondary N) is 2. The van der Waals surface area contributed by atoms with Crippen LogP contribution in [0.5, 0.6) is 0 Å². The van der Waals surface area contributed by atoms with E-state index in [9.17, 15) is 9.59 Å². The lowest BCUT2D eigenvalue weighted by molar-refractivity contribution is 0.0948. The molecule has 1 heterocycles. The SMILES string of the molecule is C#CCCCNC(=O)c1c[nH]c(=O)cn1. The minimum Gasteiger partial charge on any atom is -0.351 e. The van der Waals surface area contributed by atoms with Crippen molar-refractivity contribution in [2.24, 2.45) is 0 Å². The fourth-order valence-electron chi connectivity index (χ4n) is 0.949. The number of carbonyl (C=O) groups is 1. The van der Waals surface area contributed by atoms with Crippen molar-refractivity contribution < 1.29 is 4.79 Å². The number of hydrogen-bond acceptors (Lipinski definition) is 3. The van der Waals surface area contributed by atoms with Crippen LogP contribution in [0.15, 0.2) is 17.2 Å². The third-order valence-electron chi connectivity index (χ3n) is 1.69. The fraction of sp³-hybridized carbons (Fsp3) is 0.300. The largest absolute Gasteiger partial charge is 0.351 e. The average molecular weight is 205 g/mol. The summed E-state index contributed by atoms with van der Waals surface area (Å²) in [4.78, 5) is 28.1. The van der Waals surface area contributed by atoms with Crippen molar-refractivity contribution in [3.05, 3.63) is 28.4 Å². The zero-order valence-electron chi connectivity index (χ0n) is 8.12. The van der Waals surface area contributed by atoms with E-state index in [1.807, 2.05) is 0 Å². The monoisotopic (exact) mass is 205 g/mol. The molecule has 0 aliphatic rings. The van der Waals surface area contributed by atoms with Gasteiger partial charge in [-0.2, -0.15) is 0 Å². The van der Waals surface area contributed by atoms with Gasteiger partial charge in [0.25, 0.3) is 11.5 Å². The summed E-state index contributed by atoms with van der Waals surface area (Å²) < 4.78 is 0. The van der Waals surface area contributed by atoms with Gasteiger partial charge in [0.1, 0.15) is 5.69 Å². The lowest BCUT2D eigenvalue weighted by Crippen LogP contribution is -2.26. The number of nitrogens with zero attached hydrogens (tertiary/aromatic N) is 1. The Morgan fingerprint density at radius 1 is 1.67 bits per heavy atom. The Hall–Kier alpha value is -2.09. The molecule has 0 fully saturated rings. The normalized spacial score (nSPS) is 9.27. The zero-order valence-corrected chi connectivity index (χ0v) is 8.12. The molecule has 0 saturated heterocycles. The number of aromatic nitrogens is 2. The second-order valence-corrected chi connectivity index (χ2v) is 2.86. The first-order valence-electron chi connectivity index (χ1n) is 4.50. The minimum atomic E-state index is -0.334. The van der Waals surface area contributed by atoms with E-state index < -0.39 is 0 Å². The standard InChI is InChI=1S/C10H11N3O2/c1-2-3-4-5-11-10(15)8-6-13-9(14)7-12-8/h1,6-7H,3-5H2,(H,11,15)(H,13,14). The Morgan fingerprint density at radius 3 is 3.07 bits per heavy atom. The number of H-pyrrole nitrogens is 1. The Labute approximate surface area is 86.9 Å². The maximum Gasteiger partial charge on any atom is 0.271 e. The molecule has 0 spiro atoms. The topological polar surface area (TPSA) is 74.8 Å². The average Bonchev–Trinajstić information content (AvgIpc) is 2.25. The maximum atomic E-state index is 11.4. The van der Waals surface area contributed by atoms with Crippen molar-refractivity contribution in [1.29, 1.82) is 0 Å². The van der Waals surface area contributed by atoms with Crippen molar-refractivity contribution in [2.45, 2.75) is 12.8 Å². The molecule has 1 amide bonds. The van der Waals surface area contributed by atoms with Gasteiger partial charge in [0.15, 0.2) is 0 Å². The number of terminal acetylenes is 1. The molecule has 15 heavy (non-hydrogen) atoms. The van der Waals surface area contributed by atoms with E-state index in [0.29, 0.717) is 13.0 Å². The van der Waals surface area contributed by atoms with Crippen LogP contribution < -0.4 is 10.9 Å². The molecule has 5 heteroatoms. The van der Waals surface area contributed by atoms with Crippen molar-refractivity contribution in [1.82, 2.24) is 15.3 Å². The summed E-state index contributed by atoms with van der Waals surface area (Å²) in [5.41, 5.74) is -0.144. The van der Waals surface area contributed by atoms with E-state index in [2.05, 4.69) is 21.2 Å². The van der Waals surface area contributed by atoms with E-state index in [1.165, 1.54) is 6.20 Å². The summed E-state index contributed by atoms with van der Waals surface area (Å²) in [6.45, 7) is 0.504. The lowest BCUT2D eigenvalue weighted by atomic mass is 10.3. The molecule has 1 aromatic rings. The van der Waals surface area contributed by atoms with Gasteiger partial charge in [0, 0.05) is 19.2 Å². The van der Waals surface area contributed by atoms with Crippen molar-refractivity contribution >= 4 is 5.91 Å². The Kier molecular flexibility index (Phi) is 4.10. The fourth-order valence-corrected chi connectivity index (χ4v) is 0.949. The molecule has 0 bridgehead atoms. The first-order chi connectivity index (χ1) is 7.24. The molecule has 0 unspecified atom stereocenters. The van der Waals surface area contributed by atoms with E-state index in [-0.39, 0.29) is 17.2 Å². The van der Waals surface area contributed by atoms with Crippen molar-refractivity contribution in [2.75, 3.05) is 6.54 Å². The van der Waals surface area contributed by atoms with Crippen LogP contribution in [0, 0.1) is 12.3 Å². The third-order valence-corrected chi connectivity index (χ3v) is 1.69. The first kappa shape index (κ1) is 11.0. The molecule has 0 saturated carbocycles. The molecule has 1 rings (SSSR count). The number of hydrogen-bond donors (Lipinski definition) is 2. The van der Waals surface area contributed by atoms with Crippen LogP contribution in [0.2, 0.25) is 0 Å². The van der Waals surface area contributed by atoms with E-state index in [4.69, 9.17) is 6.42 Å². The molecule has 0 aliphatic carbocycles. The van der Waals surface area contributed by atoms with Crippen LogP contribution >= 0.6 is 0 Å². The molecule has 5 nitrogen and oxygen atoms in total. The van der Waals surface area contributed by atoms with Crippen LogP contribution in [0.3, 0.4) is 0 Å². The van der Waals surface area contributed by atoms with Crippen LogP contribution in [0.25, 0.3) is 0 Å². The Bertz CT molecular complexity index is 411. The number of unbranched alkanes of at least 4 members (excludes halogenated alkanes) is 1. The number of amides is 1. The summed E-state index contributed by atoms with van der Waals surface area (Å²) >= 11 is 0. The maximum absolute atomic E-state index is 11.4. The molecular weight excluding hydrogens is 194 g/mol. The van der Waals surface area contributed by atoms with Gasteiger partial charge >= 0.3 is 0 Å². The molecular formula is C10H11N3O2. The highest BCUT2D eigenvalue weighted by Crippen LogP contribution is 1.89. The molecule has 78 valence electrons. The van der Waals surface area contributed by atoms with Gasteiger partial charge in [-0.3, -0.25) is 9.59 Å². The predicted octanol–water partition coefficient (Wildman–Crippen LogP) is -0.0869. The summed E-state index contributed by atoms with van der Waals surface area (Å²) in [5.74, 6) is 2.16. The minimum absolute atomic E-state index is 0.190. The smallest absolute Gasteiger partial charge is 0.271 e. The second kappa shape index (κ2) is 5.60. The molecule has 0 radical (unpaired) electrons. The van der Waals surface area contributed by atoms with Gasteiger partial charge in [-0.05, 0) is 6.42 Å². The van der Waals surface area contributed by atoms with E-state index in [1.54, 1.807) is 0 Å². The highest BCUT2D eigenvalue weighted by atomic mass is 16.2. The zero-order chi connectivity index (χ0) is 11.1. The molecule has 2 N–H and O–H groups in total. The van der Waals surface area contributed by atoms with Crippen molar-refractivity contribution in [3.8, 4) is 12.3 Å². The van der Waals surface area contributed by atoms with Crippen molar-refractivity contribution in [3.63, 3.8) is 0 Å². The summed E-state index contributed by atoms with van der Waals surface area (Å²) in [6, 6.07) is 0. The molecule has 0 aliphatic heterocycles. The van der Waals surface area contributed by atoms with Gasteiger partial charge in [0.2, 0.25) is 0 Å². The van der Waals surface area contributed by atoms with Gasteiger partial charge < -0.3 is 10.3 Å². The first-order valence-corrected chi connectivity index (χ1v) is 4.50. The number of aromatic amines is 1. The van der Waals surface area contributed by atoms with Crippen LogP contribution in [0.4, 0.5) is 0 Å². The quantitative estimate of drug-likeness (QED) is 0.533. The van der Waals surface area contributed by atoms with Gasteiger partial charge in [-0.15, -0.1) is 12.3 Å². The van der Waals surface area contributed by atoms with E-state index >= 15 is 0 Å². The number of carbonyl (C=O) groups excluding carboxylic acids is 1. The van der Waals surface area contributed by atoms with Gasteiger partial charge in [-0.1, -0.05) is 0 Å².